The summed E-state index contributed by atoms with van der Waals surface area (Å²) in [5.41, 5.74) is 1.29. The van der Waals surface area contributed by atoms with Crippen molar-refractivity contribution >= 4 is 23.5 Å². The van der Waals surface area contributed by atoms with Crippen LogP contribution in [0.15, 0.2) is 23.3 Å². The van der Waals surface area contributed by atoms with Gasteiger partial charge in [0, 0.05) is 28.9 Å². The van der Waals surface area contributed by atoms with Crippen molar-refractivity contribution < 1.29 is 27.5 Å². The van der Waals surface area contributed by atoms with Crippen LogP contribution in [0.2, 0.25) is 0 Å². The van der Waals surface area contributed by atoms with Crippen molar-refractivity contribution in [3.63, 3.8) is 0 Å². The lowest BCUT2D eigenvalue weighted by Crippen LogP contribution is -2.53. The first-order valence-corrected chi connectivity index (χ1v) is 12.4. The van der Waals surface area contributed by atoms with Gasteiger partial charge in [0.2, 0.25) is 0 Å². The molecule has 0 N–H and O–H groups in total. The van der Waals surface area contributed by atoms with Gasteiger partial charge in [-0.15, -0.1) is 11.8 Å². The van der Waals surface area contributed by atoms with E-state index in [2.05, 4.69) is 19.9 Å². The number of halogens is 3. The first kappa shape index (κ1) is 21.6. The average Bonchev–Trinajstić information content (AvgIpc) is 3.21. The molecule has 1 saturated heterocycles. The van der Waals surface area contributed by atoms with E-state index in [4.69, 9.17) is 4.74 Å². The Kier molecular flexibility index (Phi) is 4.79. The monoisotopic (exact) mass is 454 g/mol. The summed E-state index contributed by atoms with van der Waals surface area (Å²) in [6, 6.07) is 0. The summed E-state index contributed by atoms with van der Waals surface area (Å²) in [5.74, 6) is -0.709. The maximum absolute atomic E-state index is 13.2. The second-order valence-corrected chi connectivity index (χ2v) is 11.8. The summed E-state index contributed by atoms with van der Waals surface area (Å²) in [4.78, 5) is 24.2. The van der Waals surface area contributed by atoms with Crippen LogP contribution < -0.4 is 0 Å². The lowest BCUT2D eigenvalue weighted by molar-refractivity contribution is -0.160. The highest BCUT2D eigenvalue weighted by atomic mass is 32.2. The normalized spacial score (nSPS) is 44.4. The number of thioether (sulfide) groups is 1. The van der Waals surface area contributed by atoms with Gasteiger partial charge < -0.3 is 4.74 Å². The second kappa shape index (κ2) is 6.88. The molecule has 0 aromatic heterocycles. The van der Waals surface area contributed by atoms with Gasteiger partial charge >= 0.3 is 12.1 Å². The smallest absolute Gasteiger partial charge is 0.397 e. The molecule has 2 saturated carbocycles. The van der Waals surface area contributed by atoms with Gasteiger partial charge in [-0.05, 0) is 56.4 Å². The number of hydrogen-bond acceptors (Lipinski definition) is 4. The maximum Gasteiger partial charge on any atom is 0.397 e. The van der Waals surface area contributed by atoms with Gasteiger partial charge in [-0.2, -0.15) is 13.2 Å². The van der Waals surface area contributed by atoms with Gasteiger partial charge in [0.1, 0.15) is 5.60 Å². The molecule has 5 aliphatic rings. The minimum Gasteiger partial charge on any atom is -0.458 e. The Labute approximate surface area is 185 Å². The third-order valence-corrected chi connectivity index (χ3v) is 10.5. The standard InChI is InChI=1S/C24H29F3O3S/c1-21-7-3-15(28)11-14(21)12-18(31-13-24(25,26)27)20-16(21)4-8-22(2)17(20)5-9-23(22)10-6-19(29)30-23/h4,11,17-18,20H,3,5-10,12-13H2,1-2H3/t17?,18-,20?,21+,22+,23-/m1/s1. The fraction of sp³-hybridized carbons (Fsp3) is 0.750. The SMILES string of the molecule is C[C@]12CCC(=O)C=C1C[C@@H](SCC(F)(F)F)C1C2=CC[C@@]2(C)C1CC[C@@]21CCC(=O)O1. The van der Waals surface area contributed by atoms with Crippen LogP contribution in [0.25, 0.3) is 0 Å². The van der Waals surface area contributed by atoms with Crippen LogP contribution in [0.5, 0.6) is 0 Å². The summed E-state index contributed by atoms with van der Waals surface area (Å²) in [6.07, 6.45) is 5.11. The molecule has 0 aromatic carbocycles. The van der Waals surface area contributed by atoms with E-state index in [1.165, 1.54) is 5.57 Å². The van der Waals surface area contributed by atoms with Crippen LogP contribution in [0.1, 0.15) is 65.2 Å². The Balaban J connectivity index is 1.57. The van der Waals surface area contributed by atoms with Gasteiger partial charge in [-0.25, -0.2) is 0 Å². The average molecular weight is 455 g/mol. The van der Waals surface area contributed by atoms with Gasteiger partial charge in [-0.3, -0.25) is 9.59 Å². The van der Waals surface area contributed by atoms with Crippen LogP contribution in [0.4, 0.5) is 13.2 Å². The minimum absolute atomic E-state index is 0.0279. The number of ketones is 1. The Morgan fingerprint density at radius 3 is 2.61 bits per heavy atom. The Morgan fingerprint density at radius 2 is 1.94 bits per heavy atom. The summed E-state index contributed by atoms with van der Waals surface area (Å²) < 4.78 is 45.5. The second-order valence-electron chi connectivity index (χ2n) is 10.6. The van der Waals surface area contributed by atoms with Crippen molar-refractivity contribution in [2.75, 3.05) is 5.75 Å². The molecule has 3 fully saturated rings. The number of esters is 1. The topological polar surface area (TPSA) is 43.4 Å². The zero-order valence-corrected chi connectivity index (χ0v) is 18.8. The molecule has 1 heterocycles. The van der Waals surface area contributed by atoms with Crippen LogP contribution >= 0.6 is 11.8 Å². The zero-order chi connectivity index (χ0) is 22.2. The van der Waals surface area contributed by atoms with E-state index in [0.29, 0.717) is 25.7 Å². The minimum atomic E-state index is -4.22. The largest absolute Gasteiger partial charge is 0.458 e. The summed E-state index contributed by atoms with van der Waals surface area (Å²) >= 11 is 0.999. The molecule has 2 unspecified atom stereocenters. The Morgan fingerprint density at radius 1 is 1.16 bits per heavy atom. The molecule has 6 atom stereocenters. The number of carbonyl (C=O) groups excluding carboxylic acids is 2. The fourth-order valence-electron chi connectivity index (χ4n) is 7.45. The fourth-order valence-corrected chi connectivity index (χ4v) is 8.70. The van der Waals surface area contributed by atoms with Crippen LogP contribution in [0.3, 0.4) is 0 Å². The molecule has 31 heavy (non-hydrogen) atoms. The van der Waals surface area contributed by atoms with Crippen molar-refractivity contribution in [2.45, 2.75) is 82.2 Å². The molecule has 3 nitrogen and oxygen atoms in total. The number of hydrogen-bond donors (Lipinski definition) is 0. The number of ether oxygens (including phenoxy) is 1. The zero-order valence-electron chi connectivity index (χ0n) is 18.0. The predicted molar refractivity (Wildman–Crippen MR) is 112 cm³/mol. The van der Waals surface area contributed by atoms with Gasteiger partial charge in [0.25, 0.3) is 0 Å². The van der Waals surface area contributed by atoms with E-state index in [-0.39, 0.29) is 39.7 Å². The number of rotatable bonds is 2. The van der Waals surface area contributed by atoms with E-state index < -0.39 is 17.5 Å². The van der Waals surface area contributed by atoms with Gasteiger partial charge in [0.05, 0.1) is 5.75 Å². The van der Waals surface area contributed by atoms with E-state index in [1.54, 1.807) is 6.08 Å². The maximum atomic E-state index is 13.2. The number of allylic oxidation sites excluding steroid dienone is 4. The number of alkyl halides is 3. The highest BCUT2D eigenvalue weighted by Gasteiger charge is 2.66. The van der Waals surface area contributed by atoms with E-state index in [9.17, 15) is 22.8 Å². The predicted octanol–water partition coefficient (Wildman–Crippen LogP) is 5.79. The molecule has 0 amide bonds. The highest BCUT2D eigenvalue weighted by Crippen LogP contribution is 2.69. The molecule has 5 rings (SSSR count). The number of carbonyl (C=O) groups is 2. The van der Waals surface area contributed by atoms with Crippen LogP contribution in [-0.4, -0.2) is 34.5 Å². The lowest BCUT2D eigenvalue weighted by Gasteiger charge is -2.57. The summed E-state index contributed by atoms with van der Waals surface area (Å²) in [6.45, 7) is 4.37. The Bertz CT molecular complexity index is 893. The highest BCUT2D eigenvalue weighted by molar-refractivity contribution is 8.00. The van der Waals surface area contributed by atoms with E-state index in [1.807, 2.05) is 0 Å². The summed E-state index contributed by atoms with van der Waals surface area (Å²) in [5, 5.41) is -0.213. The van der Waals surface area contributed by atoms with Crippen molar-refractivity contribution in [1.29, 1.82) is 0 Å². The summed E-state index contributed by atoms with van der Waals surface area (Å²) in [7, 11) is 0. The molecular weight excluding hydrogens is 425 g/mol. The molecule has 0 aromatic rings. The molecule has 1 spiro atoms. The third kappa shape index (κ3) is 3.16. The number of fused-ring (bicyclic) bond motifs is 6. The molecular formula is C24H29F3O3S. The molecule has 4 aliphatic carbocycles. The third-order valence-electron chi connectivity index (χ3n) is 9.13. The van der Waals surface area contributed by atoms with Gasteiger partial charge in [0.15, 0.2) is 5.78 Å². The van der Waals surface area contributed by atoms with Crippen molar-refractivity contribution in [1.82, 2.24) is 0 Å². The van der Waals surface area contributed by atoms with Crippen LogP contribution in [-0.2, 0) is 14.3 Å². The van der Waals surface area contributed by atoms with E-state index in [0.717, 1.165) is 43.0 Å². The van der Waals surface area contributed by atoms with Crippen molar-refractivity contribution in [3.05, 3.63) is 23.3 Å². The molecule has 170 valence electrons. The first-order valence-electron chi connectivity index (χ1n) is 11.3. The molecule has 0 radical (unpaired) electrons. The quantitative estimate of drug-likeness (QED) is 0.391. The van der Waals surface area contributed by atoms with Crippen molar-refractivity contribution in [3.8, 4) is 0 Å². The molecule has 1 aliphatic heterocycles. The Hall–Kier alpha value is -1.24. The van der Waals surface area contributed by atoms with Crippen LogP contribution in [0, 0.1) is 22.7 Å². The molecule has 7 heteroatoms. The lowest BCUT2D eigenvalue weighted by atomic mass is 9.50. The van der Waals surface area contributed by atoms with Gasteiger partial charge in [-0.1, -0.05) is 31.1 Å². The first-order chi connectivity index (χ1) is 14.5. The van der Waals surface area contributed by atoms with E-state index >= 15 is 0 Å². The van der Waals surface area contributed by atoms with Crippen molar-refractivity contribution in [2.24, 2.45) is 22.7 Å². The molecule has 0 bridgehead atoms.